The number of benzene rings is 2. The molecule has 0 spiro atoms. The van der Waals surface area contributed by atoms with E-state index in [9.17, 15) is 14.4 Å². The molecule has 1 aliphatic heterocycles. The molecule has 2 aromatic carbocycles. The van der Waals surface area contributed by atoms with E-state index in [2.05, 4.69) is 29.4 Å². The summed E-state index contributed by atoms with van der Waals surface area (Å²) in [4.78, 5) is 43.6. The molecule has 10 nitrogen and oxygen atoms in total. The van der Waals surface area contributed by atoms with Gasteiger partial charge in [-0.25, -0.2) is 9.99 Å². The van der Waals surface area contributed by atoms with Crippen LogP contribution in [-0.2, 0) is 22.7 Å². The smallest absolute Gasteiger partial charge is 0.270 e. The van der Waals surface area contributed by atoms with Gasteiger partial charge in [-0.1, -0.05) is 44.0 Å². The van der Waals surface area contributed by atoms with Crippen molar-refractivity contribution < 1.29 is 18.8 Å². The summed E-state index contributed by atoms with van der Waals surface area (Å²) in [5.74, 6) is -0.664. The van der Waals surface area contributed by atoms with Gasteiger partial charge in [0, 0.05) is 37.9 Å². The molecule has 0 saturated carbocycles. The Morgan fingerprint density at radius 2 is 1.79 bits per heavy atom. The maximum atomic E-state index is 13.5. The highest BCUT2D eigenvalue weighted by atomic mass is 16.3. The Kier molecular flexibility index (Phi) is 8.98. The van der Waals surface area contributed by atoms with Crippen molar-refractivity contribution in [3.63, 3.8) is 0 Å². The quantitative estimate of drug-likeness (QED) is 0.343. The van der Waals surface area contributed by atoms with Gasteiger partial charge in [-0.05, 0) is 48.2 Å². The molecule has 10 heteroatoms. The normalized spacial score (nSPS) is 12.7. The predicted octanol–water partition coefficient (Wildman–Crippen LogP) is 3.25. The van der Waals surface area contributed by atoms with Crippen molar-refractivity contribution in [2.45, 2.75) is 46.2 Å². The number of unbranched alkanes of at least 4 members (excludes halogenated alkanes) is 2. The zero-order valence-corrected chi connectivity index (χ0v) is 22.8. The minimum Gasteiger partial charge on any atom is -0.444 e. The largest absolute Gasteiger partial charge is 0.444 e. The number of amides is 3. The molecule has 2 heterocycles. The van der Waals surface area contributed by atoms with E-state index in [-0.39, 0.29) is 36.5 Å². The van der Waals surface area contributed by atoms with Gasteiger partial charge in [-0.3, -0.25) is 19.4 Å². The van der Waals surface area contributed by atoms with Gasteiger partial charge in [0.25, 0.3) is 11.8 Å². The second kappa shape index (κ2) is 12.6. The number of primary amides is 1. The fourth-order valence-corrected chi connectivity index (χ4v) is 4.67. The number of hydrogen-bond donors (Lipinski definition) is 2. The maximum Gasteiger partial charge on any atom is 0.270 e. The summed E-state index contributed by atoms with van der Waals surface area (Å²) >= 11 is 0. The Morgan fingerprint density at radius 1 is 1.08 bits per heavy atom. The lowest BCUT2D eigenvalue weighted by atomic mass is 10.1. The molecule has 0 saturated heterocycles. The van der Waals surface area contributed by atoms with Gasteiger partial charge < -0.3 is 20.4 Å². The first kappa shape index (κ1) is 27.8. The second-order valence-electron chi connectivity index (χ2n) is 9.83. The standard InChI is InChI=1S/C29H36N6O4/c1-4-5-8-13-31-26(36)17-34(18-27(37)33(3)35-15-22-9-6-7-10-23(22)16-35)25-12-11-21(14-20(25)2)29-32-24(19-39-29)28(30)38/h6-7,9-12,14,19H,4-5,8,13,15-18H2,1-3H3,(H2,30,38)(H,31,36). The van der Waals surface area contributed by atoms with Gasteiger partial charge in [-0.2, -0.15) is 0 Å². The molecule has 3 N–H and O–H groups in total. The molecule has 0 aliphatic carbocycles. The van der Waals surface area contributed by atoms with Crippen molar-refractivity contribution in [1.29, 1.82) is 0 Å². The summed E-state index contributed by atoms with van der Waals surface area (Å²) < 4.78 is 5.42. The Bertz CT molecular complexity index is 1310. The lowest BCUT2D eigenvalue weighted by Gasteiger charge is -2.32. The molecule has 39 heavy (non-hydrogen) atoms. The topological polar surface area (TPSA) is 125 Å². The Balaban J connectivity index is 1.51. The number of nitrogens with one attached hydrogen (secondary N) is 1. The number of oxazole rings is 1. The highest BCUT2D eigenvalue weighted by Gasteiger charge is 2.27. The predicted molar refractivity (Wildman–Crippen MR) is 148 cm³/mol. The van der Waals surface area contributed by atoms with Crippen LogP contribution in [0.4, 0.5) is 5.69 Å². The van der Waals surface area contributed by atoms with Crippen molar-refractivity contribution in [1.82, 2.24) is 20.3 Å². The molecule has 0 radical (unpaired) electrons. The number of nitrogens with zero attached hydrogens (tertiary/aromatic N) is 4. The number of hydrazine groups is 1. The highest BCUT2D eigenvalue weighted by Crippen LogP contribution is 2.28. The SMILES string of the molecule is CCCCCNC(=O)CN(CC(=O)N(C)N1Cc2ccccc2C1)c1ccc(-c2nc(C(N)=O)co2)cc1C. The second-order valence-corrected chi connectivity index (χ2v) is 9.83. The zero-order chi connectivity index (χ0) is 27.9. The van der Waals surface area contributed by atoms with Crippen LogP contribution in [0.1, 0.15) is 53.4 Å². The van der Waals surface area contributed by atoms with Gasteiger partial charge >= 0.3 is 0 Å². The lowest BCUT2D eigenvalue weighted by Crippen LogP contribution is -2.48. The van der Waals surface area contributed by atoms with Crippen LogP contribution in [-0.4, -0.2) is 59.4 Å². The molecular formula is C29H36N6O4. The molecule has 1 aromatic heterocycles. The van der Waals surface area contributed by atoms with Crippen LogP contribution in [0.15, 0.2) is 53.1 Å². The molecule has 3 amide bonds. The van der Waals surface area contributed by atoms with Crippen LogP contribution in [0, 0.1) is 6.92 Å². The molecule has 206 valence electrons. The van der Waals surface area contributed by atoms with E-state index in [0.29, 0.717) is 25.2 Å². The van der Waals surface area contributed by atoms with Crippen molar-refractivity contribution in [3.8, 4) is 11.5 Å². The van der Waals surface area contributed by atoms with Gasteiger partial charge in [0.15, 0.2) is 5.69 Å². The van der Waals surface area contributed by atoms with Crippen LogP contribution in [0.3, 0.4) is 0 Å². The summed E-state index contributed by atoms with van der Waals surface area (Å²) in [6.07, 6.45) is 4.25. The fraction of sp³-hybridized carbons (Fsp3) is 0.379. The van der Waals surface area contributed by atoms with E-state index in [4.69, 9.17) is 10.2 Å². The number of carbonyl (C=O) groups excluding carboxylic acids is 3. The van der Waals surface area contributed by atoms with E-state index >= 15 is 0 Å². The summed E-state index contributed by atoms with van der Waals surface area (Å²) in [7, 11) is 1.77. The third-order valence-corrected chi connectivity index (χ3v) is 6.91. The summed E-state index contributed by atoms with van der Waals surface area (Å²) in [5, 5.41) is 6.62. The van der Waals surface area contributed by atoms with Crippen molar-refractivity contribution in [2.24, 2.45) is 5.73 Å². The minimum absolute atomic E-state index is 0.0245. The molecule has 0 fully saturated rings. The first-order valence-corrected chi connectivity index (χ1v) is 13.2. The van der Waals surface area contributed by atoms with E-state index in [1.807, 2.05) is 36.2 Å². The lowest BCUT2D eigenvalue weighted by molar-refractivity contribution is -0.145. The Labute approximate surface area is 228 Å². The number of carbonyl (C=O) groups is 3. The number of rotatable bonds is 12. The van der Waals surface area contributed by atoms with E-state index < -0.39 is 5.91 Å². The maximum absolute atomic E-state index is 13.5. The first-order valence-electron chi connectivity index (χ1n) is 13.2. The molecule has 0 bridgehead atoms. The number of nitrogens with two attached hydrogens (primary N) is 1. The van der Waals surface area contributed by atoms with Crippen LogP contribution < -0.4 is 16.0 Å². The highest BCUT2D eigenvalue weighted by molar-refractivity contribution is 5.91. The molecule has 1 aliphatic rings. The van der Waals surface area contributed by atoms with Crippen molar-refractivity contribution in [3.05, 3.63) is 71.1 Å². The van der Waals surface area contributed by atoms with Crippen LogP contribution in [0.25, 0.3) is 11.5 Å². The minimum atomic E-state index is -0.668. The fourth-order valence-electron chi connectivity index (χ4n) is 4.67. The van der Waals surface area contributed by atoms with Crippen molar-refractivity contribution >= 4 is 23.4 Å². The van der Waals surface area contributed by atoms with Gasteiger partial charge in [0.1, 0.15) is 6.26 Å². The Morgan fingerprint density at radius 3 is 2.41 bits per heavy atom. The average molecular weight is 533 g/mol. The van der Waals surface area contributed by atoms with E-state index in [0.717, 1.165) is 30.5 Å². The Hall–Kier alpha value is -4.18. The summed E-state index contributed by atoms with van der Waals surface area (Å²) in [6, 6.07) is 13.6. The monoisotopic (exact) mass is 532 g/mol. The van der Waals surface area contributed by atoms with E-state index in [1.54, 1.807) is 23.0 Å². The number of likely N-dealkylation sites (N-methyl/N-ethyl adjacent to an activating group) is 1. The number of hydrogen-bond acceptors (Lipinski definition) is 7. The zero-order valence-electron chi connectivity index (χ0n) is 22.8. The van der Waals surface area contributed by atoms with E-state index in [1.165, 1.54) is 17.4 Å². The van der Waals surface area contributed by atoms with Gasteiger partial charge in [-0.15, -0.1) is 0 Å². The van der Waals surface area contributed by atoms with Crippen LogP contribution >= 0.6 is 0 Å². The average Bonchev–Trinajstić information content (AvgIpc) is 3.58. The van der Waals surface area contributed by atoms with Gasteiger partial charge in [0.2, 0.25) is 11.8 Å². The number of aryl methyl sites for hydroxylation is 1. The first-order chi connectivity index (χ1) is 18.8. The number of fused-ring (bicyclic) bond motifs is 1. The third kappa shape index (κ3) is 6.83. The van der Waals surface area contributed by atoms with Crippen LogP contribution in [0.5, 0.6) is 0 Å². The molecule has 0 unspecified atom stereocenters. The molecule has 4 rings (SSSR count). The van der Waals surface area contributed by atoms with Crippen molar-refractivity contribution in [2.75, 3.05) is 31.6 Å². The molecule has 3 aromatic rings. The number of aromatic nitrogens is 1. The van der Waals surface area contributed by atoms with Crippen LogP contribution in [0.2, 0.25) is 0 Å². The third-order valence-electron chi connectivity index (χ3n) is 6.91. The van der Waals surface area contributed by atoms with Gasteiger partial charge in [0.05, 0.1) is 13.1 Å². The number of anilines is 1. The summed E-state index contributed by atoms with van der Waals surface area (Å²) in [5.41, 5.74) is 9.98. The summed E-state index contributed by atoms with van der Waals surface area (Å²) in [6.45, 7) is 6.00. The molecule has 0 atom stereocenters. The molecular weight excluding hydrogens is 496 g/mol.